The molecule has 0 aliphatic carbocycles. The molecule has 2 N–H and O–H groups in total. The molecule has 0 radical (unpaired) electrons. The largest absolute Gasteiger partial charge is 0.491 e. The molecule has 1 aliphatic rings. The minimum Gasteiger partial charge on any atom is -0.491 e. The summed E-state index contributed by atoms with van der Waals surface area (Å²) in [6, 6.07) is 8.61. The normalized spacial score (nSPS) is 18.6. The number of carbonyl (C=O) groups is 1. The number of piperidine rings is 1. The topological polar surface area (TPSA) is 53.6 Å². The van der Waals surface area contributed by atoms with E-state index >= 15 is 0 Å². The molecule has 5 heteroatoms. The summed E-state index contributed by atoms with van der Waals surface area (Å²) in [4.78, 5) is 14.3. The van der Waals surface area contributed by atoms with E-state index in [2.05, 4.69) is 27.7 Å². The minimum absolute atomic E-state index is 0.117. The van der Waals surface area contributed by atoms with Crippen molar-refractivity contribution in [2.45, 2.75) is 45.3 Å². The van der Waals surface area contributed by atoms with E-state index < -0.39 is 0 Å². The highest BCUT2D eigenvalue weighted by Crippen LogP contribution is 2.14. The highest BCUT2D eigenvalue weighted by molar-refractivity contribution is 5.78. The van der Waals surface area contributed by atoms with E-state index in [4.69, 9.17) is 4.74 Å². The number of hydrogen-bond acceptors (Lipinski definition) is 4. The van der Waals surface area contributed by atoms with Crippen LogP contribution in [0, 0.1) is 0 Å². The molecule has 24 heavy (non-hydrogen) atoms. The minimum atomic E-state index is 0.117. The SMILES string of the molecule is CNC1CCCN(CC(=O)NCCc2ccc(OC(C)C)cc2)C1. The maximum atomic E-state index is 12.1. The predicted octanol–water partition coefficient (Wildman–Crippen LogP) is 1.82. The van der Waals surface area contributed by atoms with E-state index in [0.29, 0.717) is 19.1 Å². The van der Waals surface area contributed by atoms with Crippen molar-refractivity contribution >= 4 is 5.91 Å². The van der Waals surface area contributed by atoms with Crippen molar-refractivity contribution in [3.8, 4) is 5.75 Å². The number of rotatable bonds is 8. The summed E-state index contributed by atoms with van der Waals surface area (Å²) in [5.41, 5.74) is 1.21. The van der Waals surface area contributed by atoms with Crippen LogP contribution in [0.15, 0.2) is 24.3 Å². The van der Waals surface area contributed by atoms with Crippen LogP contribution in [0.2, 0.25) is 0 Å². The number of likely N-dealkylation sites (tertiary alicyclic amines) is 1. The number of amides is 1. The molecule has 1 aromatic carbocycles. The molecule has 0 aromatic heterocycles. The lowest BCUT2D eigenvalue weighted by atomic mass is 10.1. The highest BCUT2D eigenvalue weighted by Gasteiger charge is 2.19. The second-order valence-corrected chi connectivity index (χ2v) is 6.77. The first-order valence-electron chi connectivity index (χ1n) is 8.98. The summed E-state index contributed by atoms with van der Waals surface area (Å²) in [5, 5.41) is 6.33. The van der Waals surface area contributed by atoms with Gasteiger partial charge in [-0.1, -0.05) is 12.1 Å². The van der Waals surface area contributed by atoms with E-state index in [1.165, 1.54) is 12.0 Å². The van der Waals surface area contributed by atoms with Gasteiger partial charge in [0.05, 0.1) is 12.6 Å². The average Bonchev–Trinajstić information content (AvgIpc) is 2.56. The Bertz CT molecular complexity index is 502. The van der Waals surface area contributed by atoms with Crippen molar-refractivity contribution in [3.05, 3.63) is 29.8 Å². The molecule has 1 fully saturated rings. The summed E-state index contributed by atoms with van der Waals surface area (Å²) in [6.45, 7) is 7.19. The van der Waals surface area contributed by atoms with Crippen LogP contribution in [0.1, 0.15) is 32.3 Å². The molecular weight excluding hydrogens is 302 g/mol. The fourth-order valence-corrected chi connectivity index (χ4v) is 3.05. The summed E-state index contributed by atoms with van der Waals surface area (Å²) in [6.07, 6.45) is 3.38. The Labute approximate surface area is 145 Å². The molecular formula is C19H31N3O2. The number of likely N-dealkylation sites (N-methyl/N-ethyl adjacent to an activating group) is 1. The number of ether oxygens (including phenoxy) is 1. The Balaban J connectivity index is 1.67. The van der Waals surface area contributed by atoms with Crippen molar-refractivity contribution < 1.29 is 9.53 Å². The first kappa shape index (κ1) is 18.7. The van der Waals surface area contributed by atoms with Crippen molar-refractivity contribution in [1.29, 1.82) is 0 Å². The van der Waals surface area contributed by atoms with Crippen molar-refractivity contribution in [1.82, 2.24) is 15.5 Å². The van der Waals surface area contributed by atoms with Gasteiger partial charge in [-0.2, -0.15) is 0 Å². The molecule has 1 amide bonds. The lowest BCUT2D eigenvalue weighted by Gasteiger charge is -2.31. The predicted molar refractivity (Wildman–Crippen MR) is 97.4 cm³/mol. The molecule has 0 saturated carbocycles. The Morgan fingerprint density at radius 2 is 2.08 bits per heavy atom. The Morgan fingerprint density at radius 1 is 1.33 bits per heavy atom. The highest BCUT2D eigenvalue weighted by atomic mass is 16.5. The summed E-state index contributed by atoms with van der Waals surface area (Å²) in [7, 11) is 1.99. The lowest BCUT2D eigenvalue weighted by molar-refractivity contribution is -0.122. The molecule has 2 rings (SSSR count). The van der Waals surface area contributed by atoms with Gasteiger partial charge >= 0.3 is 0 Å². The van der Waals surface area contributed by atoms with Gasteiger partial charge in [0, 0.05) is 19.1 Å². The summed E-state index contributed by atoms with van der Waals surface area (Å²) < 4.78 is 5.63. The number of nitrogens with one attached hydrogen (secondary N) is 2. The van der Waals surface area contributed by atoms with Gasteiger partial charge in [-0.25, -0.2) is 0 Å². The van der Waals surface area contributed by atoms with Gasteiger partial charge in [0.15, 0.2) is 0 Å². The molecule has 1 heterocycles. The van der Waals surface area contributed by atoms with E-state index in [-0.39, 0.29) is 12.0 Å². The molecule has 0 bridgehead atoms. The standard InChI is InChI=1S/C19H31N3O2/c1-15(2)24-18-8-6-16(7-9-18)10-11-21-19(23)14-22-12-4-5-17(13-22)20-3/h6-9,15,17,20H,4-5,10-14H2,1-3H3,(H,21,23). The van der Waals surface area contributed by atoms with Crippen molar-refractivity contribution in [2.24, 2.45) is 0 Å². The number of benzene rings is 1. The van der Waals surface area contributed by atoms with Gasteiger partial charge in [-0.15, -0.1) is 0 Å². The molecule has 1 unspecified atom stereocenters. The third kappa shape index (κ3) is 6.49. The number of hydrogen-bond donors (Lipinski definition) is 2. The molecule has 134 valence electrons. The molecule has 1 aromatic rings. The van der Waals surface area contributed by atoms with Crippen molar-refractivity contribution in [2.75, 3.05) is 33.2 Å². The first-order chi connectivity index (χ1) is 11.6. The smallest absolute Gasteiger partial charge is 0.234 e. The zero-order valence-corrected chi connectivity index (χ0v) is 15.2. The van der Waals surface area contributed by atoms with Gasteiger partial charge < -0.3 is 15.4 Å². The third-order valence-corrected chi connectivity index (χ3v) is 4.31. The van der Waals surface area contributed by atoms with Crippen LogP contribution in [0.3, 0.4) is 0 Å². The Hall–Kier alpha value is -1.59. The van der Waals surface area contributed by atoms with E-state index in [1.807, 2.05) is 33.0 Å². The third-order valence-electron chi connectivity index (χ3n) is 4.31. The quantitative estimate of drug-likeness (QED) is 0.762. The zero-order chi connectivity index (χ0) is 17.4. The lowest BCUT2D eigenvalue weighted by Crippen LogP contribution is -2.48. The van der Waals surface area contributed by atoms with Crippen LogP contribution in [0.5, 0.6) is 5.75 Å². The molecule has 1 aliphatic heterocycles. The van der Waals surface area contributed by atoms with Gasteiger partial charge in [0.1, 0.15) is 5.75 Å². The van der Waals surface area contributed by atoms with Crippen LogP contribution in [0.25, 0.3) is 0 Å². The number of carbonyl (C=O) groups excluding carboxylic acids is 1. The van der Waals surface area contributed by atoms with Gasteiger partial charge in [0.25, 0.3) is 0 Å². The Kier molecular flexibility index (Phi) is 7.53. The van der Waals surface area contributed by atoms with Gasteiger partial charge in [-0.05, 0) is 64.4 Å². The monoisotopic (exact) mass is 333 g/mol. The second-order valence-electron chi connectivity index (χ2n) is 6.77. The van der Waals surface area contributed by atoms with Crippen LogP contribution in [-0.2, 0) is 11.2 Å². The zero-order valence-electron chi connectivity index (χ0n) is 15.2. The van der Waals surface area contributed by atoms with Crippen molar-refractivity contribution in [3.63, 3.8) is 0 Å². The van der Waals surface area contributed by atoms with Gasteiger partial charge in [-0.3, -0.25) is 9.69 Å². The molecule has 5 nitrogen and oxygen atoms in total. The maximum Gasteiger partial charge on any atom is 0.234 e. The fraction of sp³-hybridized carbons (Fsp3) is 0.632. The summed E-state index contributed by atoms with van der Waals surface area (Å²) in [5.74, 6) is 1.01. The van der Waals surface area contributed by atoms with Crippen LogP contribution in [0.4, 0.5) is 0 Å². The molecule has 1 atom stereocenters. The summed E-state index contributed by atoms with van der Waals surface area (Å²) >= 11 is 0. The Morgan fingerprint density at radius 3 is 2.75 bits per heavy atom. The van der Waals surface area contributed by atoms with E-state index in [1.54, 1.807) is 0 Å². The number of nitrogens with zero attached hydrogens (tertiary/aromatic N) is 1. The second kappa shape index (κ2) is 9.64. The fourth-order valence-electron chi connectivity index (χ4n) is 3.05. The average molecular weight is 333 g/mol. The van der Waals surface area contributed by atoms with Crippen LogP contribution >= 0.6 is 0 Å². The molecule has 0 spiro atoms. The van der Waals surface area contributed by atoms with Crippen LogP contribution < -0.4 is 15.4 Å². The molecule has 1 saturated heterocycles. The van der Waals surface area contributed by atoms with E-state index in [9.17, 15) is 4.79 Å². The maximum absolute atomic E-state index is 12.1. The van der Waals surface area contributed by atoms with Gasteiger partial charge in [0.2, 0.25) is 5.91 Å². The first-order valence-corrected chi connectivity index (χ1v) is 8.98. The van der Waals surface area contributed by atoms with E-state index in [0.717, 1.165) is 31.7 Å². The van der Waals surface area contributed by atoms with Crippen LogP contribution in [-0.4, -0.2) is 56.2 Å².